The lowest BCUT2D eigenvalue weighted by atomic mass is 9.97. The second-order valence-electron chi connectivity index (χ2n) is 12.8. The summed E-state index contributed by atoms with van der Waals surface area (Å²) in [5.74, 6) is -3.95. The van der Waals surface area contributed by atoms with Gasteiger partial charge in [-0.1, -0.05) is 60.1 Å². The van der Waals surface area contributed by atoms with Gasteiger partial charge >= 0.3 is 0 Å². The summed E-state index contributed by atoms with van der Waals surface area (Å²) >= 11 is 6.00. The van der Waals surface area contributed by atoms with E-state index in [1.54, 1.807) is 42.5 Å². The molecule has 2 aliphatic heterocycles. The zero-order valence-electron chi connectivity index (χ0n) is 25.7. The van der Waals surface area contributed by atoms with E-state index in [2.05, 4.69) is 10.0 Å². The second kappa shape index (κ2) is 12.8. The van der Waals surface area contributed by atoms with Crippen LogP contribution in [0.3, 0.4) is 0 Å². The molecule has 4 aromatic rings. The zero-order valence-corrected chi connectivity index (χ0v) is 27.2. The fourth-order valence-electron chi connectivity index (χ4n) is 7.13. The molecule has 2 saturated heterocycles. The molecule has 3 fully saturated rings. The van der Waals surface area contributed by atoms with Gasteiger partial charge < -0.3 is 15.0 Å². The Balaban J connectivity index is 1.19. The molecule has 2 heterocycles. The number of alkyl halides is 2. The van der Waals surface area contributed by atoms with Crippen molar-refractivity contribution < 1.29 is 26.7 Å². The number of hydrogen-bond donors (Lipinski definition) is 2. The van der Waals surface area contributed by atoms with E-state index in [9.17, 15) is 13.2 Å². The van der Waals surface area contributed by atoms with Crippen molar-refractivity contribution in [2.75, 3.05) is 19.6 Å². The van der Waals surface area contributed by atoms with Crippen LogP contribution >= 0.6 is 11.6 Å². The lowest BCUT2D eigenvalue weighted by molar-refractivity contribution is -0.145. The Labute approximate surface area is 278 Å². The smallest absolute Gasteiger partial charge is 0.298 e. The van der Waals surface area contributed by atoms with Gasteiger partial charge in [-0.3, -0.25) is 4.79 Å². The van der Waals surface area contributed by atoms with Crippen LogP contribution in [0.5, 0.6) is 5.75 Å². The molecule has 7 nitrogen and oxygen atoms in total. The number of ether oxygens (including phenoxy) is 1. The number of rotatable bonds is 9. The van der Waals surface area contributed by atoms with Crippen LogP contribution in [0.4, 0.5) is 8.78 Å². The highest BCUT2D eigenvalue weighted by Gasteiger charge is 2.52. The Morgan fingerprint density at radius 3 is 2.28 bits per heavy atom. The fraction of sp³-hybridized carbons (Fsp3) is 0.361. The highest BCUT2D eigenvalue weighted by Crippen LogP contribution is 2.38. The molecular weight excluding hydrogens is 644 g/mol. The minimum Gasteiger partial charge on any atom is -0.490 e. The van der Waals surface area contributed by atoms with Crippen LogP contribution in [0.2, 0.25) is 5.02 Å². The van der Waals surface area contributed by atoms with Crippen LogP contribution in [0.15, 0.2) is 89.8 Å². The number of nitrogens with zero attached hydrogens (tertiary/aromatic N) is 1. The maximum atomic E-state index is 16.5. The number of carbonyl (C=O) groups is 1. The van der Waals surface area contributed by atoms with Crippen LogP contribution in [0.25, 0.3) is 21.9 Å². The maximum absolute atomic E-state index is 16.5. The Hall–Kier alpha value is -3.57. The second-order valence-corrected chi connectivity index (χ2v) is 14.9. The van der Waals surface area contributed by atoms with Crippen LogP contribution in [-0.4, -0.2) is 57.0 Å². The summed E-state index contributed by atoms with van der Waals surface area (Å²) in [7, 11) is -4.56. The van der Waals surface area contributed by atoms with Gasteiger partial charge in [0.15, 0.2) is 6.04 Å². The topological polar surface area (TPSA) is 87.7 Å². The highest BCUT2D eigenvalue weighted by molar-refractivity contribution is 7.89. The van der Waals surface area contributed by atoms with Crippen LogP contribution < -0.4 is 14.8 Å². The number of amides is 1. The zero-order chi connectivity index (χ0) is 32.8. The van der Waals surface area contributed by atoms with Crippen molar-refractivity contribution in [3.05, 3.63) is 95.5 Å². The van der Waals surface area contributed by atoms with Gasteiger partial charge in [-0.05, 0) is 96.3 Å². The third-order valence-corrected chi connectivity index (χ3v) is 11.4. The third-order valence-electron chi connectivity index (χ3n) is 9.76. The van der Waals surface area contributed by atoms with E-state index in [0.29, 0.717) is 47.8 Å². The van der Waals surface area contributed by atoms with Crippen LogP contribution in [0, 0.1) is 5.92 Å². The lowest BCUT2D eigenvalue weighted by Crippen LogP contribution is -2.57. The van der Waals surface area contributed by atoms with E-state index in [1.807, 2.05) is 6.07 Å². The molecule has 1 amide bonds. The number of nitrogens with one attached hydrogen (secondary N) is 2. The molecule has 4 aromatic carbocycles. The maximum Gasteiger partial charge on any atom is 0.298 e. The first-order valence-electron chi connectivity index (χ1n) is 16.1. The van der Waals surface area contributed by atoms with Crippen molar-refractivity contribution in [3.8, 4) is 16.9 Å². The third kappa shape index (κ3) is 6.48. The van der Waals surface area contributed by atoms with Gasteiger partial charge in [-0.15, -0.1) is 0 Å². The van der Waals surface area contributed by atoms with Crippen molar-refractivity contribution in [2.45, 2.75) is 61.1 Å². The monoisotopic (exact) mass is 679 g/mol. The first kappa shape index (κ1) is 32.0. The van der Waals surface area contributed by atoms with Crippen molar-refractivity contribution in [1.82, 2.24) is 14.9 Å². The standard InChI is InChI=1S/C36H36ClF2N3O4S/c37-29-13-7-24(8-14-29)23-5-11-28(12-6-23)36(38,39)34(35(43)42-18-17-27-21-40-22-33(27)42)41-47(44,45)32-16-10-25-19-31(15-9-26(25)20-32)46-30-3-1-2-4-30/h5-16,19-20,27,30,33-34,40-41H,1-4,17-18,21-22H2/t27-,33+,34+/m1/s1. The number of likely N-dealkylation sites (tertiary alicyclic amines) is 1. The minimum absolute atomic E-state index is 0.145. The average Bonchev–Trinajstić information content (AvgIpc) is 3.84. The molecule has 47 heavy (non-hydrogen) atoms. The summed E-state index contributed by atoms with van der Waals surface area (Å²) < 4.78 is 69.0. The van der Waals surface area contributed by atoms with Gasteiger partial charge in [0.2, 0.25) is 15.9 Å². The first-order chi connectivity index (χ1) is 22.6. The molecule has 0 spiro atoms. The Bertz CT molecular complexity index is 1880. The number of carbonyl (C=O) groups excluding carboxylic acids is 1. The summed E-state index contributed by atoms with van der Waals surface area (Å²) in [6.07, 6.45) is 5.13. The Morgan fingerprint density at radius 2 is 1.55 bits per heavy atom. The van der Waals surface area contributed by atoms with Crippen LogP contribution in [0.1, 0.15) is 37.7 Å². The predicted octanol–water partition coefficient (Wildman–Crippen LogP) is 6.74. The molecule has 7 rings (SSSR count). The van der Waals surface area contributed by atoms with E-state index in [1.165, 1.54) is 41.3 Å². The molecule has 1 saturated carbocycles. The highest BCUT2D eigenvalue weighted by atomic mass is 35.5. The minimum atomic E-state index is -4.56. The Morgan fingerprint density at radius 1 is 0.894 bits per heavy atom. The summed E-state index contributed by atoms with van der Waals surface area (Å²) in [6.45, 7) is 1.47. The molecular formula is C36H36ClF2N3O4S. The van der Waals surface area contributed by atoms with Crippen molar-refractivity contribution >= 4 is 38.3 Å². The predicted molar refractivity (Wildman–Crippen MR) is 178 cm³/mol. The summed E-state index contributed by atoms with van der Waals surface area (Å²) in [5.41, 5.74) is 0.991. The largest absolute Gasteiger partial charge is 0.490 e. The first-order valence-corrected chi connectivity index (χ1v) is 17.9. The number of benzene rings is 4. The van der Waals surface area contributed by atoms with Gasteiger partial charge in [-0.25, -0.2) is 8.42 Å². The molecule has 246 valence electrons. The van der Waals surface area contributed by atoms with Gasteiger partial charge in [0.1, 0.15) is 5.75 Å². The van der Waals surface area contributed by atoms with E-state index in [4.69, 9.17) is 16.3 Å². The van der Waals surface area contributed by atoms with Gasteiger partial charge in [0.05, 0.1) is 11.0 Å². The fourth-order valence-corrected chi connectivity index (χ4v) is 8.48. The lowest BCUT2D eigenvalue weighted by Gasteiger charge is -2.33. The summed E-state index contributed by atoms with van der Waals surface area (Å²) in [4.78, 5) is 15.2. The summed E-state index contributed by atoms with van der Waals surface area (Å²) in [6, 6.07) is 19.7. The molecule has 3 atom stereocenters. The molecule has 2 N–H and O–H groups in total. The van der Waals surface area contributed by atoms with E-state index < -0.39 is 33.5 Å². The van der Waals surface area contributed by atoms with E-state index >= 15 is 8.78 Å². The number of halogens is 3. The quantitative estimate of drug-likeness (QED) is 0.205. The SMILES string of the molecule is O=C([C@H](NS(=O)(=O)c1ccc2cc(OC3CCCC3)ccc2c1)C(F)(F)c1ccc(-c2ccc(Cl)cc2)cc1)N1CC[C@@H]2CNC[C@@H]21. The molecule has 0 aromatic heterocycles. The molecule has 11 heteroatoms. The summed E-state index contributed by atoms with van der Waals surface area (Å²) in [5, 5.41) is 5.14. The van der Waals surface area contributed by atoms with Crippen LogP contribution in [-0.2, 0) is 20.7 Å². The number of sulfonamides is 1. The van der Waals surface area contributed by atoms with Crippen molar-refractivity contribution in [1.29, 1.82) is 0 Å². The molecule has 0 unspecified atom stereocenters. The molecule has 0 bridgehead atoms. The van der Waals surface area contributed by atoms with Gasteiger partial charge in [0.25, 0.3) is 5.92 Å². The Kier molecular flexibility index (Phi) is 8.72. The van der Waals surface area contributed by atoms with Gasteiger partial charge in [-0.2, -0.15) is 13.5 Å². The average molecular weight is 680 g/mol. The molecule has 0 radical (unpaired) electrons. The van der Waals surface area contributed by atoms with E-state index in [0.717, 1.165) is 36.6 Å². The van der Waals surface area contributed by atoms with Crippen molar-refractivity contribution in [2.24, 2.45) is 5.92 Å². The van der Waals surface area contributed by atoms with Gasteiger partial charge in [0, 0.05) is 36.3 Å². The molecule has 1 aliphatic carbocycles. The number of fused-ring (bicyclic) bond motifs is 2. The van der Waals surface area contributed by atoms with Crippen molar-refractivity contribution in [3.63, 3.8) is 0 Å². The molecule has 3 aliphatic rings. The number of hydrogen-bond acceptors (Lipinski definition) is 5. The van der Waals surface area contributed by atoms with E-state index in [-0.39, 0.29) is 23.0 Å². The normalized spacial score (nSPS) is 20.9.